The van der Waals surface area contributed by atoms with Crippen LogP contribution in [0.4, 0.5) is 0 Å². The summed E-state index contributed by atoms with van der Waals surface area (Å²) in [6.07, 6.45) is 2.02. The molecule has 1 saturated heterocycles. The number of rotatable bonds is 24. The van der Waals surface area contributed by atoms with Gasteiger partial charge >= 0.3 is 5.97 Å². The Morgan fingerprint density at radius 1 is 0.514 bits per heavy atom. The highest BCUT2D eigenvalue weighted by Crippen LogP contribution is 2.10. The van der Waals surface area contributed by atoms with Crippen molar-refractivity contribution in [3.05, 3.63) is 34.9 Å². The summed E-state index contributed by atoms with van der Waals surface area (Å²) in [5, 5.41) is 84.3. The van der Waals surface area contributed by atoms with E-state index in [0.717, 1.165) is 18.2 Å². The largest absolute Gasteiger partial charge is 0.466 e. The molecule has 9 amide bonds. The van der Waals surface area contributed by atoms with E-state index in [1.54, 1.807) is 6.92 Å². The molecule has 1 rings (SSSR count). The fourth-order valence-corrected chi connectivity index (χ4v) is 6.27. The normalized spacial score (nSPS) is 20.3. The van der Waals surface area contributed by atoms with Crippen LogP contribution in [0, 0.1) is 0 Å². The second-order valence-corrected chi connectivity index (χ2v) is 16.3. The third kappa shape index (κ3) is 24.3. The van der Waals surface area contributed by atoms with Crippen LogP contribution in [0.1, 0.15) is 85.5 Å². The number of esters is 1. The molecule has 5 atom stereocenters. The Labute approximate surface area is 404 Å². The predicted molar refractivity (Wildman–Crippen MR) is 241 cm³/mol. The summed E-state index contributed by atoms with van der Waals surface area (Å²) in [7, 11) is 0. The highest BCUT2D eigenvalue weighted by atomic mass is 16.5. The van der Waals surface area contributed by atoms with Crippen molar-refractivity contribution in [2.24, 2.45) is 0 Å². The van der Waals surface area contributed by atoms with Gasteiger partial charge in [-0.25, -0.2) is 15.2 Å². The zero-order chi connectivity index (χ0) is 52.9. The number of aliphatic hydroxyl groups excluding tert-OH is 4. The third-order valence-electron chi connectivity index (χ3n) is 10.2. The van der Waals surface area contributed by atoms with Crippen molar-refractivity contribution in [2.45, 2.75) is 116 Å². The molecule has 0 saturated carbocycles. The quantitative estimate of drug-likeness (QED) is 0.0190. The van der Waals surface area contributed by atoms with Gasteiger partial charge in [0.1, 0.15) is 30.2 Å². The van der Waals surface area contributed by atoms with E-state index < -0.39 is 129 Å². The summed E-state index contributed by atoms with van der Waals surface area (Å²) in [4.78, 5) is 130. The van der Waals surface area contributed by atoms with Gasteiger partial charge in [-0.05, 0) is 72.1 Å². The summed E-state index contributed by atoms with van der Waals surface area (Å²) in [6, 6.07) is -8.40. The minimum absolute atomic E-state index is 0.0197. The van der Waals surface area contributed by atoms with Crippen LogP contribution in [0.25, 0.3) is 0 Å². The minimum Gasteiger partial charge on any atom is -0.466 e. The maximum atomic E-state index is 14.2. The number of aliphatic hydroxyl groups is 4. The average molecular weight is 1000 g/mol. The summed E-state index contributed by atoms with van der Waals surface area (Å²) >= 11 is 0. The Balaban J connectivity index is 3.67. The van der Waals surface area contributed by atoms with Gasteiger partial charge in [0.25, 0.3) is 17.7 Å². The molecule has 1 aliphatic heterocycles. The second kappa shape index (κ2) is 33.2. The first-order valence-corrected chi connectivity index (χ1v) is 22.4. The number of carbonyl (C=O) groups is 10. The molecule has 1 aliphatic rings. The van der Waals surface area contributed by atoms with Crippen molar-refractivity contribution in [3.8, 4) is 0 Å². The van der Waals surface area contributed by atoms with Gasteiger partial charge in [-0.15, -0.1) is 0 Å². The number of hydrogen-bond acceptors (Lipinski definition) is 18. The molecular weight excluding hydrogens is 931 g/mol. The number of hydrogen-bond donors (Lipinski definition) is 13. The van der Waals surface area contributed by atoms with Gasteiger partial charge in [0, 0.05) is 64.4 Å². The molecule has 0 spiro atoms. The van der Waals surface area contributed by atoms with E-state index in [1.165, 1.54) is 20.8 Å². The van der Waals surface area contributed by atoms with Gasteiger partial charge in [-0.2, -0.15) is 0 Å². The molecule has 1 heterocycles. The van der Waals surface area contributed by atoms with Gasteiger partial charge in [-0.1, -0.05) is 16.7 Å². The molecular formula is C43H69N9O18. The number of nitrogens with zero attached hydrogens (tertiary/aromatic N) is 3. The van der Waals surface area contributed by atoms with E-state index in [2.05, 4.69) is 31.9 Å². The van der Waals surface area contributed by atoms with E-state index in [9.17, 15) is 73.8 Å². The summed E-state index contributed by atoms with van der Waals surface area (Å²) < 4.78 is 4.85. The van der Waals surface area contributed by atoms with Crippen molar-refractivity contribution in [2.75, 3.05) is 59.2 Å². The molecule has 27 nitrogen and oxygen atoms in total. The Bertz CT molecular complexity index is 1910. The molecule has 0 aromatic carbocycles. The lowest BCUT2D eigenvalue weighted by Gasteiger charge is -2.28. The van der Waals surface area contributed by atoms with Crippen molar-refractivity contribution in [1.82, 2.24) is 47.1 Å². The number of amides is 9. The smallest absolute Gasteiger partial charge is 0.302 e. The van der Waals surface area contributed by atoms with Gasteiger partial charge in [-0.3, -0.25) is 63.6 Å². The van der Waals surface area contributed by atoms with Crippen molar-refractivity contribution >= 4 is 59.1 Å². The minimum atomic E-state index is -1.80. The van der Waals surface area contributed by atoms with Gasteiger partial charge in [0.2, 0.25) is 35.4 Å². The molecule has 0 aliphatic carbocycles. The van der Waals surface area contributed by atoms with Crippen LogP contribution in [0.15, 0.2) is 34.9 Å². The topological polar surface area (TPSA) is 403 Å². The molecule has 0 aromatic rings. The van der Waals surface area contributed by atoms with Crippen LogP contribution in [-0.4, -0.2) is 200 Å². The van der Waals surface area contributed by atoms with E-state index in [4.69, 9.17) is 14.9 Å². The number of ether oxygens (including phenoxy) is 1. The first kappa shape index (κ1) is 61.7. The molecule has 0 radical (unpaired) electrons. The Morgan fingerprint density at radius 3 is 1.20 bits per heavy atom. The van der Waals surface area contributed by atoms with E-state index >= 15 is 0 Å². The van der Waals surface area contributed by atoms with Gasteiger partial charge in [0.05, 0.1) is 26.4 Å². The Morgan fingerprint density at radius 2 is 0.843 bits per heavy atom. The zero-order valence-corrected chi connectivity index (χ0v) is 39.8. The van der Waals surface area contributed by atoms with Crippen LogP contribution >= 0.6 is 0 Å². The SMILES string of the molecule is CC(=O)OCCC(C)=CC(=O)N(O)CCCC1NC(=O)CNC(=O)C(CO)NC(=O)C(CO)NC(=O)C(CCCN(O)C(=O)C=C(C)CCO)NC(=O)C(CCCN(O)C(=O)C=C(C)CCO)NC1=O. The number of nitrogens with one attached hydrogen (secondary N) is 6. The summed E-state index contributed by atoms with van der Waals surface area (Å²) in [6.45, 7) is 1.11. The lowest BCUT2D eigenvalue weighted by atomic mass is 10.0. The number of carbonyl (C=O) groups excluding carboxylic acids is 10. The molecule has 5 unspecified atom stereocenters. The third-order valence-corrected chi connectivity index (χ3v) is 10.2. The van der Waals surface area contributed by atoms with Crippen LogP contribution in [-0.2, 0) is 52.7 Å². The standard InChI is InChI=1S/C43H69N9O18/c1-26(11-17-53)20-36(59)50(67)15-6-9-31-41(64)47-32(10-7-16-51(68)37(60)21-27(2)12-18-54)42(65)49-34(25-56)43(66)48-33(24-55)39(62)44-23-35(58)45-30(40(63)46-31)8-5-14-52(69)38(61)22-28(3)13-19-70-29(4)57/h20-22,30-34,53-56,67-69H,5-19,23-25H2,1-4H3,(H,44,62)(H,45,58)(H,46,63)(H,47,64)(H,48,66)(H,49,65). The summed E-state index contributed by atoms with van der Waals surface area (Å²) in [5.74, 6) is -9.67. The van der Waals surface area contributed by atoms with E-state index in [0.29, 0.717) is 31.9 Å². The van der Waals surface area contributed by atoms with Gasteiger partial charge in [0.15, 0.2) is 0 Å². The molecule has 0 bridgehead atoms. The predicted octanol–water partition coefficient (Wildman–Crippen LogP) is -3.92. The van der Waals surface area contributed by atoms with Gasteiger partial charge < -0.3 is 57.1 Å². The lowest BCUT2D eigenvalue weighted by molar-refractivity contribution is -0.160. The maximum absolute atomic E-state index is 14.2. The second-order valence-electron chi connectivity index (χ2n) is 16.3. The Hall–Kier alpha value is -6.36. The molecule has 1 fully saturated rings. The first-order chi connectivity index (χ1) is 33.1. The van der Waals surface area contributed by atoms with Crippen LogP contribution in [0.2, 0.25) is 0 Å². The molecule has 13 N–H and O–H groups in total. The molecule has 70 heavy (non-hydrogen) atoms. The zero-order valence-electron chi connectivity index (χ0n) is 39.8. The van der Waals surface area contributed by atoms with E-state index in [1.807, 2.05) is 0 Å². The van der Waals surface area contributed by atoms with Crippen LogP contribution in [0.3, 0.4) is 0 Å². The van der Waals surface area contributed by atoms with E-state index in [-0.39, 0.29) is 77.6 Å². The molecule has 27 heteroatoms. The van der Waals surface area contributed by atoms with Crippen LogP contribution in [0.5, 0.6) is 0 Å². The highest BCUT2D eigenvalue weighted by Gasteiger charge is 2.33. The fraction of sp³-hybridized carbons (Fsp3) is 0.628. The first-order valence-electron chi connectivity index (χ1n) is 22.4. The monoisotopic (exact) mass is 999 g/mol. The highest BCUT2D eigenvalue weighted by molar-refractivity contribution is 5.97. The molecule has 394 valence electrons. The van der Waals surface area contributed by atoms with Crippen molar-refractivity contribution in [1.29, 1.82) is 0 Å². The lowest BCUT2D eigenvalue weighted by Crippen LogP contribution is -2.61. The summed E-state index contributed by atoms with van der Waals surface area (Å²) in [5.41, 5.74) is 1.33. The van der Waals surface area contributed by atoms with Crippen molar-refractivity contribution in [3.63, 3.8) is 0 Å². The van der Waals surface area contributed by atoms with Crippen LogP contribution < -0.4 is 31.9 Å². The number of hydroxylamine groups is 6. The molecule has 0 aromatic heterocycles. The maximum Gasteiger partial charge on any atom is 0.302 e. The average Bonchev–Trinajstić information content (AvgIpc) is 3.29. The Kier molecular flexibility index (Phi) is 29.3. The fourth-order valence-electron chi connectivity index (χ4n) is 6.27. The van der Waals surface area contributed by atoms with Crippen molar-refractivity contribution < 1.29 is 88.7 Å².